The highest BCUT2D eigenvalue weighted by molar-refractivity contribution is 6.54. The highest BCUT2D eigenvalue weighted by Crippen LogP contribution is 2.58. The lowest BCUT2D eigenvalue weighted by Gasteiger charge is -1.90. The van der Waals surface area contributed by atoms with Gasteiger partial charge in [0.25, 0.3) is 0 Å². The van der Waals surface area contributed by atoms with Crippen LogP contribution in [0.3, 0.4) is 0 Å². The van der Waals surface area contributed by atoms with Crippen LogP contribution in [0.2, 0.25) is 0 Å². The summed E-state index contributed by atoms with van der Waals surface area (Å²) in [5.41, 5.74) is 4.83. The first kappa shape index (κ1) is 8.62. The van der Waals surface area contributed by atoms with Gasteiger partial charge >= 0.3 is 5.97 Å². The number of hydrogen-bond donors (Lipinski definition) is 2. The molecule has 0 heterocycles. The molecule has 62 valence electrons. The molecule has 1 amide bonds. The minimum absolute atomic E-state index is 0.776. The Morgan fingerprint density at radius 2 is 1.82 bits per heavy atom. The third-order valence-corrected chi connectivity index (χ3v) is 2.57. The second-order valence-corrected chi connectivity index (χ2v) is 3.81. The number of carbonyl (C=O) groups is 2. The van der Waals surface area contributed by atoms with E-state index in [4.69, 9.17) is 34.0 Å². The van der Waals surface area contributed by atoms with Gasteiger partial charge in [0, 0.05) is 0 Å². The summed E-state index contributed by atoms with van der Waals surface area (Å²) < 4.78 is -1.50. The van der Waals surface area contributed by atoms with Crippen molar-refractivity contribution < 1.29 is 14.7 Å². The van der Waals surface area contributed by atoms with E-state index in [0.717, 1.165) is 0 Å². The number of carbonyl (C=O) groups excluding carboxylic acids is 1. The average molecular weight is 198 g/mol. The molecule has 2 atom stereocenters. The average Bonchev–Trinajstić information content (AvgIpc) is 2.33. The number of primary amides is 1. The number of aliphatic carboxylic acids is 1. The normalized spacial score (nSPS) is 32.9. The minimum atomic E-state index is -1.50. The quantitative estimate of drug-likeness (QED) is 0.611. The van der Waals surface area contributed by atoms with Crippen molar-refractivity contribution in [2.75, 3.05) is 0 Å². The van der Waals surface area contributed by atoms with Crippen molar-refractivity contribution in [1.29, 1.82) is 0 Å². The zero-order valence-corrected chi connectivity index (χ0v) is 6.76. The Morgan fingerprint density at radius 1 is 1.36 bits per heavy atom. The Labute approximate surface area is 72.3 Å². The van der Waals surface area contributed by atoms with E-state index in [1.807, 2.05) is 0 Å². The van der Waals surface area contributed by atoms with Crippen LogP contribution in [0.15, 0.2) is 0 Å². The van der Waals surface area contributed by atoms with Crippen molar-refractivity contribution in [3.05, 3.63) is 0 Å². The molecule has 11 heavy (non-hydrogen) atoms. The largest absolute Gasteiger partial charge is 0.481 e. The van der Waals surface area contributed by atoms with Crippen LogP contribution >= 0.6 is 23.2 Å². The van der Waals surface area contributed by atoms with Crippen LogP contribution in [0, 0.1) is 11.8 Å². The molecular formula is C5H5Cl2NO3. The SMILES string of the molecule is NC(=O)C1C(C(=O)O)C1(Cl)Cl. The van der Waals surface area contributed by atoms with Crippen LogP contribution in [0.25, 0.3) is 0 Å². The summed E-state index contributed by atoms with van der Waals surface area (Å²) in [5.74, 6) is -3.98. The Balaban J connectivity index is 2.76. The maximum atomic E-state index is 10.5. The van der Waals surface area contributed by atoms with Gasteiger partial charge in [-0.15, -0.1) is 0 Å². The van der Waals surface area contributed by atoms with Crippen LogP contribution < -0.4 is 5.73 Å². The standard InChI is InChI=1S/C5H5Cl2NO3/c6-5(7)1(3(8)9)2(5)4(10)11/h1-2H,(H2,8,9)(H,10,11). The molecule has 0 radical (unpaired) electrons. The molecule has 0 aromatic heterocycles. The van der Waals surface area contributed by atoms with E-state index in [2.05, 4.69) is 0 Å². The fraction of sp³-hybridized carbons (Fsp3) is 0.600. The summed E-state index contributed by atoms with van der Waals surface area (Å²) in [6.07, 6.45) is 0. The van der Waals surface area contributed by atoms with Crippen LogP contribution in [0.1, 0.15) is 0 Å². The molecule has 0 aliphatic heterocycles. The molecule has 1 rings (SSSR count). The van der Waals surface area contributed by atoms with Gasteiger partial charge in [0.05, 0.1) is 5.92 Å². The Bertz CT molecular complexity index is 206. The second kappa shape index (κ2) is 2.25. The van der Waals surface area contributed by atoms with E-state index in [1.165, 1.54) is 0 Å². The summed E-state index contributed by atoms with van der Waals surface area (Å²) in [6, 6.07) is 0. The predicted octanol–water partition coefficient (Wildman–Crippen LogP) is -0.0238. The van der Waals surface area contributed by atoms with E-state index < -0.39 is 28.0 Å². The van der Waals surface area contributed by atoms with Crippen molar-refractivity contribution in [1.82, 2.24) is 0 Å². The summed E-state index contributed by atoms with van der Waals surface area (Å²) in [7, 11) is 0. The van der Waals surface area contributed by atoms with E-state index >= 15 is 0 Å². The molecule has 1 aliphatic carbocycles. The van der Waals surface area contributed by atoms with E-state index in [1.54, 1.807) is 0 Å². The number of rotatable bonds is 2. The molecule has 2 unspecified atom stereocenters. The number of hydrogen-bond acceptors (Lipinski definition) is 2. The van der Waals surface area contributed by atoms with Crippen LogP contribution in [0.4, 0.5) is 0 Å². The minimum Gasteiger partial charge on any atom is -0.481 e. The van der Waals surface area contributed by atoms with Crippen molar-refractivity contribution in [3.63, 3.8) is 0 Å². The second-order valence-electron chi connectivity index (χ2n) is 2.37. The molecule has 3 N–H and O–H groups in total. The third kappa shape index (κ3) is 1.16. The lowest BCUT2D eigenvalue weighted by atomic mass is 10.3. The Morgan fingerprint density at radius 3 is 1.91 bits per heavy atom. The number of alkyl halides is 2. The number of amides is 1. The lowest BCUT2D eigenvalue weighted by molar-refractivity contribution is -0.140. The molecule has 0 aromatic rings. The van der Waals surface area contributed by atoms with Crippen LogP contribution in [-0.4, -0.2) is 21.3 Å². The first-order valence-electron chi connectivity index (χ1n) is 2.79. The van der Waals surface area contributed by atoms with Crippen LogP contribution in [-0.2, 0) is 9.59 Å². The summed E-state index contributed by atoms with van der Waals surface area (Å²) in [5, 5.41) is 8.43. The van der Waals surface area contributed by atoms with Crippen molar-refractivity contribution >= 4 is 35.1 Å². The highest BCUT2D eigenvalue weighted by Gasteiger charge is 2.70. The van der Waals surface area contributed by atoms with Gasteiger partial charge in [0.2, 0.25) is 5.91 Å². The molecule has 6 heteroatoms. The molecule has 0 aromatic carbocycles. The van der Waals surface area contributed by atoms with E-state index in [0.29, 0.717) is 0 Å². The number of carboxylic acids is 1. The lowest BCUT2D eigenvalue weighted by Crippen LogP contribution is -2.17. The van der Waals surface area contributed by atoms with Crippen molar-refractivity contribution in [2.24, 2.45) is 17.6 Å². The predicted molar refractivity (Wildman–Crippen MR) is 38.2 cm³/mol. The van der Waals surface area contributed by atoms with Crippen molar-refractivity contribution in [2.45, 2.75) is 4.33 Å². The van der Waals surface area contributed by atoms with Gasteiger partial charge in [-0.2, -0.15) is 0 Å². The van der Waals surface area contributed by atoms with Crippen molar-refractivity contribution in [3.8, 4) is 0 Å². The van der Waals surface area contributed by atoms with E-state index in [-0.39, 0.29) is 0 Å². The molecule has 1 fully saturated rings. The molecule has 1 aliphatic rings. The summed E-state index contributed by atoms with van der Waals surface area (Å²) in [4.78, 5) is 20.8. The van der Waals surface area contributed by atoms with Gasteiger partial charge in [-0.3, -0.25) is 9.59 Å². The third-order valence-electron chi connectivity index (χ3n) is 1.63. The summed E-state index contributed by atoms with van der Waals surface area (Å²) in [6.45, 7) is 0. The number of carboxylic acid groups (broad SMARTS) is 1. The van der Waals surface area contributed by atoms with Crippen LogP contribution in [0.5, 0.6) is 0 Å². The highest BCUT2D eigenvalue weighted by atomic mass is 35.5. The molecule has 0 saturated heterocycles. The Hall–Kier alpha value is -0.480. The number of halogens is 2. The van der Waals surface area contributed by atoms with Gasteiger partial charge in [-0.05, 0) is 0 Å². The van der Waals surface area contributed by atoms with Gasteiger partial charge in [0.1, 0.15) is 10.3 Å². The summed E-state index contributed by atoms with van der Waals surface area (Å²) >= 11 is 10.9. The Kier molecular flexibility index (Phi) is 1.76. The monoisotopic (exact) mass is 197 g/mol. The smallest absolute Gasteiger partial charge is 0.310 e. The molecule has 1 saturated carbocycles. The van der Waals surface area contributed by atoms with E-state index in [9.17, 15) is 9.59 Å². The molecule has 4 nitrogen and oxygen atoms in total. The first-order valence-corrected chi connectivity index (χ1v) is 3.54. The number of nitrogens with two attached hydrogens (primary N) is 1. The van der Waals surface area contributed by atoms with Gasteiger partial charge < -0.3 is 10.8 Å². The fourth-order valence-electron chi connectivity index (χ4n) is 0.988. The molecule has 0 spiro atoms. The topological polar surface area (TPSA) is 80.4 Å². The van der Waals surface area contributed by atoms with Gasteiger partial charge in [-0.25, -0.2) is 0 Å². The maximum absolute atomic E-state index is 10.5. The van der Waals surface area contributed by atoms with Gasteiger partial charge in [-0.1, -0.05) is 23.2 Å². The zero-order chi connectivity index (χ0) is 8.81. The maximum Gasteiger partial charge on any atom is 0.310 e. The fourth-order valence-corrected chi connectivity index (χ4v) is 1.77. The molecule has 0 bridgehead atoms. The van der Waals surface area contributed by atoms with Gasteiger partial charge in [0.15, 0.2) is 0 Å². The first-order chi connectivity index (χ1) is 4.89. The zero-order valence-electron chi connectivity index (χ0n) is 5.25. The molecular weight excluding hydrogens is 193 g/mol.